The molecule has 5 saturated carbocycles. The van der Waals surface area contributed by atoms with Crippen molar-refractivity contribution in [3.63, 3.8) is 0 Å². The van der Waals surface area contributed by atoms with Crippen LogP contribution in [0.2, 0.25) is 0 Å². The fourth-order valence-electron chi connectivity index (χ4n) is 19.4. The molecular formula is C69H97N5O4S. The average Bonchev–Trinajstić information content (AvgIpc) is 4.12. The molecule has 18 rings (SSSR count). The van der Waals surface area contributed by atoms with E-state index in [0.717, 1.165) is 117 Å². The summed E-state index contributed by atoms with van der Waals surface area (Å²) in [6.07, 6.45) is 36.9. The van der Waals surface area contributed by atoms with Gasteiger partial charge in [0, 0.05) is 58.3 Å². The van der Waals surface area contributed by atoms with E-state index in [-0.39, 0.29) is 37.1 Å². The Kier molecular flexibility index (Phi) is 15.4. The molecule has 9 nitrogen and oxygen atoms in total. The number of Topliss-reactive ketones (excluding diaryl/α,β-unsaturated/α-hetero) is 1. The lowest BCUT2D eigenvalue weighted by Gasteiger charge is -2.46. The monoisotopic (exact) mass is 1090 g/mol. The van der Waals surface area contributed by atoms with Crippen LogP contribution in [0.5, 0.6) is 0 Å². The Bertz CT molecular complexity index is 2880. The first-order valence-corrected chi connectivity index (χ1v) is 33.8. The number of benzene rings is 3. The summed E-state index contributed by atoms with van der Waals surface area (Å²) in [6, 6.07) is 25.9. The molecule has 2 N–H and O–H groups in total. The molecule has 10 heteroatoms. The molecule has 3 heterocycles. The molecule has 12 aliphatic carbocycles. The van der Waals surface area contributed by atoms with Crippen LogP contribution in [0.4, 0.5) is 0 Å². The zero-order valence-corrected chi connectivity index (χ0v) is 48.8. The van der Waals surface area contributed by atoms with Crippen molar-refractivity contribution >= 4 is 21.7 Å². The van der Waals surface area contributed by atoms with E-state index in [0.29, 0.717) is 5.78 Å². The minimum Gasteiger partial charge on any atom is -0.349 e. The third-order valence-corrected chi connectivity index (χ3v) is 24.3. The van der Waals surface area contributed by atoms with Gasteiger partial charge in [-0.25, -0.2) is 13.1 Å². The number of piperidine rings is 3. The summed E-state index contributed by atoms with van der Waals surface area (Å²) in [4.78, 5) is 32.2. The van der Waals surface area contributed by atoms with Crippen molar-refractivity contribution in [3.05, 3.63) is 130 Å². The molecule has 3 aromatic carbocycles. The van der Waals surface area contributed by atoms with Gasteiger partial charge in [-0.05, 0) is 235 Å². The molecule has 3 spiro atoms. The molecule has 6 bridgehead atoms. The molecule has 0 aromatic heterocycles. The number of amides is 1. The lowest BCUT2D eigenvalue weighted by atomic mass is 9.64. The Morgan fingerprint density at radius 3 is 1.48 bits per heavy atom. The van der Waals surface area contributed by atoms with Crippen LogP contribution in [-0.4, -0.2) is 100.0 Å². The highest BCUT2D eigenvalue weighted by molar-refractivity contribution is 7.88. The lowest BCUT2D eigenvalue weighted by molar-refractivity contribution is -0.119. The number of hydrogen-bond donors (Lipinski definition) is 2. The summed E-state index contributed by atoms with van der Waals surface area (Å²) in [6.45, 7) is 12.6. The van der Waals surface area contributed by atoms with E-state index in [1.807, 2.05) is 18.2 Å². The molecule has 3 aliphatic heterocycles. The molecule has 0 radical (unpaired) electrons. The van der Waals surface area contributed by atoms with Gasteiger partial charge in [-0.2, -0.15) is 0 Å². The van der Waals surface area contributed by atoms with Gasteiger partial charge >= 0.3 is 0 Å². The fourth-order valence-corrected chi connectivity index (χ4v) is 20.1. The molecular weight excluding hydrogens is 995 g/mol. The number of carbonyl (C=O) groups excluding carboxylic acids is 2. The third-order valence-electron chi connectivity index (χ3n) is 23.6. The highest BCUT2D eigenvalue weighted by Gasteiger charge is 2.49. The van der Waals surface area contributed by atoms with Crippen LogP contribution in [0.3, 0.4) is 0 Å². The van der Waals surface area contributed by atoms with E-state index in [1.165, 1.54) is 163 Å². The molecule has 79 heavy (non-hydrogen) atoms. The second kappa shape index (κ2) is 22.3. The first-order chi connectivity index (χ1) is 38.3. The van der Waals surface area contributed by atoms with Crippen molar-refractivity contribution in [1.82, 2.24) is 24.7 Å². The van der Waals surface area contributed by atoms with Gasteiger partial charge in [0.2, 0.25) is 15.9 Å². The maximum absolute atomic E-state index is 12.4. The Labute approximate surface area is 477 Å². The van der Waals surface area contributed by atoms with Crippen LogP contribution < -0.4 is 10.0 Å². The number of sulfonamides is 1. The van der Waals surface area contributed by atoms with E-state index in [1.54, 1.807) is 6.92 Å². The topological polar surface area (TPSA) is 102 Å². The van der Waals surface area contributed by atoms with Gasteiger partial charge in [0.1, 0.15) is 0 Å². The number of nitrogens with one attached hydrogen (secondary N) is 2. The highest BCUT2D eigenvalue weighted by Crippen LogP contribution is 2.54. The number of rotatable bonds is 9. The molecule has 8 fully saturated rings. The van der Waals surface area contributed by atoms with Gasteiger partial charge in [-0.1, -0.05) is 110 Å². The summed E-state index contributed by atoms with van der Waals surface area (Å²) in [7, 11) is -3.20. The van der Waals surface area contributed by atoms with Gasteiger partial charge in [0.25, 0.3) is 0 Å². The standard InChI is InChI=1S/C24H32N2O.C23H34N2O2S.C22H27NO.2H2/c1-17(27)25-23-15-24(22-5-3-2-4-21(22)23)10-12-26(13-11-24)16-20-14-18-6-8-19(20)9-7-18;1-28(26,27)24-22-15-23(21-5-3-2-4-20(21)22)10-12-25(13-11-23)16-19-14-17-6-8-18(19)9-7-17;24-21-14-22(20-4-2-1-3-19(20)21)9-11-23(12-10-22)15-18-13-16-5-7-17(18)8-6-16;;/h2-6,8,18-20,23H,7,9-16H2,1H3,(H,25,27);2-5,17-19,22,24H,6-16H2,1H3;1-5,7,16-18H,6,8-15H2;2*1H/t18-,19-,20+,23?;17?,18?,19-,22-;16-,17-,18-;;/m010../s1. The van der Waals surface area contributed by atoms with E-state index in [4.69, 9.17) is 0 Å². The second-order valence-corrected chi connectivity index (χ2v) is 30.0. The van der Waals surface area contributed by atoms with Crippen molar-refractivity contribution in [2.45, 2.75) is 164 Å². The van der Waals surface area contributed by atoms with Crippen molar-refractivity contribution in [2.75, 3.05) is 65.2 Å². The minimum atomic E-state index is -3.20. The average molecular weight is 1090 g/mol. The van der Waals surface area contributed by atoms with Crippen LogP contribution in [0, 0.1) is 53.3 Å². The molecule has 1 amide bonds. The van der Waals surface area contributed by atoms with Gasteiger partial charge in [0.15, 0.2) is 5.78 Å². The summed E-state index contributed by atoms with van der Waals surface area (Å²) in [5.74, 6) is 8.52. The summed E-state index contributed by atoms with van der Waals surface area (Å²) < 4.78 is 26.7. The van der Waals surface area contributed by atoms with E-state index < -0.39 is 10.0 Å². The quantitative estimate of drug-likeness (QED) is 0.206. The summed E-state index contributed by atoms with van der Waals surface area (Å²) in [5.41, 5.74) is 8.37. The maximum atomic E-state index is 12.4. The summed E-state index contributed by atoms with van der Waals surface area (Å²) >= 11 is 0. The fraction of sp³-hybridized carbons (Fsp3) is 0.652. The molecule has 3 saturated heterocycles. The Morgan fingerprint density at radius 2 is 1.03 bits per heavy atom. The molecule has 15 aliphatic rings. The summed E-state index contributed by atoms with van der Waals surface area (Å²) in [5, 5.41) is 3.20. The normalized spacial score (nSPS) is 34.2. The van der Waals surface area contributed by atoms with Crippen LogP contribution >= 0.6 is 0 Å². The smallest absolute Gasteiger partial charge is 0.217 e. The highest BCUT2D eigenvalue weighted by atomic mass is 32.2. The van der Waals surface area contributed by atoms with Gasteiger partial charge in [-0.15, -0.1) is 0 Å². The Morgan fingerprint density at radius 1 is 0.557 bits per heavy atom. The van der Waals surface area contributed by atoms with Gasteiger partial charge < -0.3 is 20.0 Å². The number of hydrogen-bond acceptors (Lipinski definition) is 7. The zero-order valence-electron chi connectivity index (χ0n) is 48.0. The van der Waals surface area contributed by atoms with E-state index >= 15 is 0 Å². The van der Waals surface area contributed by atoms with Gasteiger partial charge in [-0.3, -0.25) is 9.59 Å². The van der Waals surface area contributed by atoms with Crippen LogP contribution in [-0.2, 0) is 31.1 Å². The first-order valence-electron chi connectivity index (χ1n) is 31.9. The predicted octanol–water partition coefficient (Wildman–Crippen LogP) is 12.7. The number of ketones is 1. The lowest BCUT2D eigenvalue weighted by Crippen LogP contribution is -2.46. The number of fused-ring (bicyclic) bond motifs is 13. The van der Waals surface area contributed by atoms with E-state index in [9.17, 15) is 18.0 Å². The van der Waals surface area contributed by atoms with Crippen LogP contribution in [0.1, 0.15) is 188 Å². The van der Waals surface area contributed by atoms with Crippen LogP contribution in [0.15, 0.2) is 97.1 Å². The first kappa shape index (κ1) is 54.3. The molecule has 428 valence electrons. The van der Waals surface area contributed by atoms with Crippen molar-refractivity contribution in [3.8, 4) is 0 Å². The third kappa shape index (κ3) is 11.2. The Hall–Kier alpha value is -3.93. The second-order valence-electron chi connectivity index (χ2n) is 28.2. The number of nitrogens with zero attached hydrogens (tertiary/aromatic N) is 3. The van der Waals surface area contributed by atoms with Crippen molar-refractivity contribution in [2.24, 2.45) is 53.3 Å². The Balaban J connectivity index is 0.000000127. The van der Waals surface area contributed by atoms with Crippen molar-refractivity contribution in [1.29, 1.82) is 0 Å². The number of likely N-dealkylation sites (tertiary alicyclic amines) is 3. The molecule has 9 atom stereocenters. The number of carbonyl (C=O) groups is 2. The largest absolute Gasteiger partial charge is 0.349 e. The minimum absolute atomic E-state index is 0. The van der Waals surface area contributed by atoms with Crippen molar-refractivity contribution < 1.29 is 20.9 Å². The maximum Gasteiger partial charge on any atom is 0.217 e. The molecule has 1 unspecified atom stereocenters. The number of allylic oxidation sites excluding steroid dienone is 4. The van der Waals surface area contributed by atoms with Gasteiger partial charge in [0.05, 0.1) is 12.3 Å². The van der Waals surface area contributed by atoms with Crippen LogP contribution in [0.25, 0.3) is 0 Å². The van der Waals surface area contributed by atoms with E-state index in [2.05, 4.69) is 104 Å². The SMILES string of the molecule is CC(=O)NC1CC2(CCN(C[C@H]3C[C@H]4C=C[C@H]3CC4)CC2)c2ccccc21.CS(=O)(=O)N[C@@H]1CC2(CCN(C[C@H]3CC4CCC3CC4)CC2)c2ccccc21.O=C1CC2(CCN(C[C@@H]3C[C@H]4C=C[C@H]3CC4)CC2)c2ccccc21.[HH].[HH]. The zero-order chi connectivity index (χ0) is 53.9. The molecule has 3 aromatic rings. The predicted molar refractivity (Wildman–Crippen MR) is 322 cm³/mol.